The predicted molar refractivity (Wildman–Crippen MR) is 133 cm³/mol. The predicted octanol–water partition coefficient (Wildman–Crippen LogP) is 1.95. The number of piperazine rings is 1. The molecule has 3 aromatic rings. The van der Waals surface area contributed by atoms with Gasteiger partial charge in [0.2, 0.25) is 5.91 Å². The molecule has 1 aromatic carbocycles. The lowest BCUT2D eigenvalue weighted by Gasteiger charge is -2.39. The number of rotatable bonds is 5. The second-order valence-electron chi connectivity index (χ2n) is 9.73. The molecule has 4 heterocycles. The molecule has 2 aliphatic heterocycles. The monoisotopic (exact) mass is 477 g/mol. The zero-order valence-corrected chi connectivity index (χ0v) is 20.5. The van der Waals surface area contributed by atoms with E-state index < -0.39 is 0 Å². The summed E-state index contributed by atoms with van der Waals surface area (Å²) in [5, 5.41) is 10.1. The molecular formula is C25H31N7O3. The van der Waals surface area contributed by atoms with Crippen molar-refractivity contribution in [2.24, 2.45) is 0 Å². The number of nitrogens with one attached hydrogen (secondary N) is 2. The van der Waals surface area contributed by atoms with E-state index >= 15 is 0 Å². The molecular weight excluding hydrogens is 446 g/mol. The van der Waals surface area contributed by atoms with Crippen molar-refractivity contribution in [1.29, 1.82) is 0 Å². The van der Waals surface area contributed by atoms with Gasteiger partial charge in [-0.3, -0.25) is 14.5 Å². The van der Waals surface area contributed by atoms with Crippen LogP contribution in [0.4, 0.5) is 11.4 Å². The summed E-state index contributed by atoms with van der Waals surface area (Å²) in [7, 11) is 1.66. The first-order chi connectivity index (χ1) is 16.8. The molecule has 10 nitrogen and oxygen atoms in total. The zero-order valence-electron chi connectivity index (χ0n) is 20.5. The SMILES string of the molecule is CNC(=O)[C@@H](C)N1CCN(c2cc3c(cc2NC(=O)c2cnn4cccnc24)CC(C)(C)O3)CC1. The topological polar surface area (TPSA) is 104 Å². The molecule has 0 bridgehead atoms. The Hall–Kier alpha value is -3.66. The van der Waals surface area contributed by atoms with E-state index in [1.807, 2.05) is 19.1 Å². The van der Waals surface area contributed by atoms with Gasteiger partial charge in [0, 0.05) is 63.7 Å². The standard InChI is InChI=1S/C25H31N7O3/c1-16(23(33)26-4)30-8-10-31(11-9-30)20-13-21-17(14-25(2,3)35-21)12-19(20)29-24(34)18-15-28-32-7-5-6-27-22(18)32/h5-7,12-13,15-16H,8-11,14H2,1-4H3,(H,26,33)(H,29,34)/t16-/m1/s1. The van der Waals surface area contributed by atoms with Gasteiger partial charge in [-0.25, -0.2) is 9.50 Å². The summed E-state index contributed by atoms with van der Waals surface area (Å²) in [6, 6.07) is 5.64. The van der Waals surface area contributed by atoms with Crippen molar-refractivity contribution in [2.45, 2.75) is 38.8 Å². The van der Waals surface area contributed by atoms with Gasteiger partial charge in [0.15, 0.2) is 5.65 Å². The molecule has 0 aliphatic carbocycles. The van der Waals surface area contributed by atoms with Gasteiger partial charge in [-0.1, -0.05) is 0 Å². The van der Waals surface area contributed by atoms with Crippen LogP contribution in [-0.4, -0.2) is 76.2 Å². The minimum Gasteiger partial charge on any atom is -0.487 e. The van der Waals surface area contributed by atoms with Crippen molar-refractivity contribution in [3.63, 3.8) is 0 Å². The minimum absolute atomic E-state index is 0.0153. The zero-order chi connectivity index (χ0) is 24.7. The van der Waals surface area contributed by atoms with Crippen molar-refractivity contribution in [3.05, 3.63) is 47.9 Å². The number of fused-ring (bicyclic) bond motifs is 2. The number of carbonyl (C=O) groups is 2. The number of hydrogen-bond donors (Lipinski definition) is 2. The Morgan fingerprint density at radius 2 is 1.94 bits per heavy atom. The van der Waals surface area contributed by atoms with Crippen molar-refractivity contribution in [1.82, 2.24) is 24.8 Å². The number of benzene rings is 1. The van der Waals surface area contributed by atoms with Crippen LogP contribution in [0.15, 0.2) is 36.8 Å². The molecule has 1 fully saturated rings. The van der Waals surface area contributed by atoms with E-state index in [0.29, 0.717) is 11.2 Å². The Bertz CT molecular complexity index is 1280. The van der Waals surface area contributed by atoms with Crippen LogP contribution in [0.25, 0.3) is 5.65 Å². The third-order valence-corrected chi connectivity index (χ3v) is 6.78. The molecule has 2 aliphatic rings. The largest absolute Gasteiger partial charge is 0.487 e. The molecule has 0 saturated carbocycles. The summed E-state index contributed by atoms with van der Waals surface area (Å²) in [6.07, 6.45) is 5.71. The molecule has 35 heavy (non-hydrogen) atoms. The minimum atomic E-state index is -0.295. The van der Waals surface area contributed by atoms with Gasteiger partial charge >= 0.3 is 0 Å². The van der Waals surface area contributed by atoms with Crippen molar-refractivity contribution in [3.8, 4) is 5.75 Å². The van der Waals surface area contributed by atoms with Gasteiger partial charge in [0.1, 0.15) is 16.9 Å². The molecule has 10 heteroatoms. The number of anilines is 2. The van der Waals surface area contributed by atoms with Gasteiger partial charge in [-0.2, -0.15) is 5.10 Å². The maximum atomic E-state index is 13.3. The first-order valence-electron chi connectivity index (χ1n) is 11.9. The third-order valence-electron chi connectivity index (χ3n) is 6.78. The fourth-order valence-corrected chi connectivity index (χ4v) is 4.90. The molecule has 0 unspecified atom stereocenters. The highest BCUT2D eigenvalue weighted by Crippen LogP contribution is 2.42. The van der Waals surface area contributed by atoms with Gasteiger partial charge in [-0.15, -0.1) is 0 Å². The number of amides is 2. The number of nitrogens with zero attached hydrogens (tertiary/aromatic N) is 5. The highest BCUT2D eigenvalue weighted by Gasteiger charge is 2.33. The van der Waals surface area contributed by atoms with E-state index in [9.17, 15) is 9.59 Å². The summed E-state index contributed by atoms with van der Waals surface area (Å²) >= 11 is 0. The number of hydrogen-bond acceptors (Lipinski definition) is 7. The van der Waals surface area contributed by atoms with Crippen LogP contribution in [0, 0.1) is 0 Å². The maximum Gasteiger partial charge on any atom is 0.261 e. The number of carbonyl (C=O) groups excluding carboxylic acids is 2. The first-order valence-corrected chi connectivity index (χ1v) is 11.9. The van der Waals surface area contributed by atoms with E-state index in [1.54, 1.807) is 30.0 Å². The van der Waals surface area contributed by atoms with E-state index in [1.165, 1.54) is 6.20 Å². The highest BCUT2D eigenvalue weighted by molar-refractivity contribution is 6.09. The van der Waals surface area contributed by atoms with Crippen LogP contribution in [0.5, 0.6) is 5.75 Å². The van der Waals surface area contributed by atoms with E-state index in [0.717, 1.165) is 55.3 Å². The lowest BCUT2D eigenvalue weighted by Crippen LogP contribution is -2.53. The number of aromatic nitrogens is 3. The Morgan fingerprint density at radius 1 is 1.17 bits per heavy atom. The van der Waals surface area contributed by atoms with Crippen molar-refractivity contribution >= 4 is 28.8 Å². The molecule has 1 atom stereocenters. The fraction of sp³-hybridized carbons (Fsp3) is 0.440. The van der Waals surface area contributed by atoms with Crippen molar-refractivity contribution < 1.29 is 14.3 Å². The van der Waals surface area contributed by atoms with E-state index in [-0.39, 0.29) is 23.5 Å². The van der Waals surface area contributed by atoms with Gasteiger partial charge < -0.3 is 20.3 Å². The molecule has 5 rings (SSSR count). The normalized spacial score (nSPS) is 18.1. The van der Waals surface area contributed by atoms with Gasteiger partial charge in [-0.05, 0) is 32.9 Å². The average Bonchev–Trinajstić information content (AvgIpc) is 3.41. The van der Waals surface area contributed by atoms with Crippen LogP contribution in [-0.2, 0) is 11.2 Å². The Morgan fingerprint density at radius 3 is 2.69 bits per heavy atom. The first kappa shape index (κ1) is 23.1. The molecule has 2 aromatic heterocycles. The molecule has 1 saturated heterocycles. The number of likely N-dealkylation sites (N-methyl/N-ethyl adjacent to an activating group) is 1. The Balaban J connectivity index is 1.43. The lowest BCUT2D eigenvalue weighted by molar-refractivity contribution is -0.125. The molecule has 0 spiro atoms. The lowest BCUT2D eigenvalue weighted by atomic mass is 10.0. The van der Waals surface area contributed by atoms with Crippen molar-refractivity contribution in [2.75, 3.05) is 43.4 Å². The summed E-state index contributed by atoms with van der Waals surface area (Å²) in [4.78, 5) is 34.1. The molecule has 0 radical (unpaired) electrons. The van der Waals surface area contributed by atoms with Crippen LogP contribution in [0.2, 0.25) is 0 Å². The summed E-state index contributed by atoms with van der Waals surface area (Å²) in [5.41, 5.74) is 3.34. The second-order valence-corrected chi connectivity index (χ2v) is 9.73. The number of ether oxygens (including phenoxy) is 1. The maximum absolute atomic E-state index is 13.3. The summed E-state index contributed by atoms with van der Waals surface area (Å²) in [6.45, 7) is 8.99. The summed E-state index contributed by atoms with van der Waals surface area (Å²) < 4.78 is 7.78. The van der Waals surface area contributed by atoms with Crippen LogP contribution in [0.1, 0.15) is 36.7 Å². The smallest absolute Gasteiger partial charge is 0.261 e. The fourth-order valence-electron chi connectivity index (χ4n) is 4.90. The summed E-state index contributed by atoms with van der Waals surface area (Å²) in [5.74, 6) is 0.605. The van der Waals surface area contributed by atoms with E-state index in [4.69, 9.17) is 4.74 Å². The second kappa shape index (κ2) is 8.84. The third kappa shape index (κ3) is 4.41. The highest BCUT2D eigenvalue weighted by atomic mass is 16.5. The Kier molecular flexibility index (Phi) is 5.84. The average molecular weight is 478 g/mol. The van der Waals surface area contributed by atoms with Gasteiger partial charge in [0.05, 0.1) is 23.6 Å². The van der Waals surface area contributed by atoms with Crippen LogP contribution in [0.3, 0.4) is 0 Å². The Labute approximate surface area is 204 Å². The van der Waals surface area contributed by atoms with Crippen LogP contribution < -0.4 is 20.3 Å². The quantitative estimate of drug-likeness (QED) is 0.579. The molecule has 2 amide bonds. The van der Waals surface area contributed by atoms with Crippen LogP contribution >= 0.6 is 0 Å². The van der Waals surface area contributed by atoms with E-state index in [2.05, 4.69) is 44.4 Å². The molecule has 184 valence electrons. The van der Waals surface area contributed by atoms with Gasteiger partial charge in [0.25, 0.3) is 5.91 Å². The molecule has 2 N–H and O–H groups in total.